The van der Waals surface area contributed by atoms with Crippen molar-refractivity contribution in [1.82, 2.24) is 0 Å². The van der Waals surface area contributed by atoms with Crippen molar-refractivity contribution in [3.8, 4) is 11.5 Å². The third kappa shape index (κ3) is 5.34. The molecular weight excluding hydrogens is 396 g/mol. The molecule has 0 heterocycles. The van der Waals surface area contributed by atoms with Gasteiger partial charge in [-0.2, -0.15) is 0 Å². The van der Waals surface area contributed by atoms with Crippen molar-refractivity contribution in [3.63, 3.8) is 0 Å². The van der Waals surface area contributed by atoms with E-state index in [0.29, 0.717) is 17.9 Å². The molecule has 4 saturated carbocycles. The number of unbranched alkanes of at least 4 members (excludes halogenated alkanes) is 6. The molecule has 1 aromatic carbocycles. The molecule has 0 aliphatic heterocycles. The first-order valence-corrected chi connectivity index (χ1v) is 13.6. The summed E-state index contributed by atoms with van der Waals surface area (Å²) in [5.41, 5.74) is 2.24. The van der Waals surface area contributed by atoms with E-state index in [0.717, 1.165) is 49.2 Å². The van der Waals surface area contributed by atoms with Gasteiger partial charge in [-0.1, -0.05) is 52.4 Å². The molecule has 0 spiro atoms. The van der Waals surface area contributed by atoms with Gasteiger partial charge in [0.1, 0.15) is 11.5 Å². The second-order valence-electron chi connectivity index (χ2n) is 11.0. The van der Waals surface area contributed by atoms with Crippen molar-refractivity contribution in [2.75, 3.05) is 13.2 Å². The summed E-state index contributed by atoms with van der Waals surface area (Å²) in [6, 6.07) is 4.22. The summed E-state index contributed by atoms with van der Waals surface area (Å²) in [4.78, 5) is 12.1. The van der Waals surface area contributed by atoms with E-state index in [1.54, 1.807) is 0 Å². The van der Waals surface area contributed by atoms with E-state index in [1.807, 2.05) is 0 Å². The van der Waals surface area contributed by atoms with Crippen LogP contribution in [-0.4, -0.2) is 19.5 Å². The predicted molar refractivity (Wildman–Crippen MR) is 131 cm³/mol. The van der Waals surface area contributed by atoms with Crippen LogP contribution in [0.5, 0.6) is 11.5 Å². The Morgan fingerprint density at radius 3 is 1.81 bits per heavy atom. The number of carbonyl (C=O) groups excluding carboxylic acids is 1. The smallest absolute Gasteiger partial charge is 0.153 e. The van der Waals surface area contributed by atoms with Crippen molar-refractivity contribution >= 4 is 6.29 Å². The van der Waals surface area contributed by atoms with Crippen molar-refractivity contribution in [1.29, 1.82) is 0 Å². The van der Waals surface area contributed by atoms with Crippen molar-refractivity contribution in [2.45, 2.75) is 109 Å². The topological polar surface area (TPSA) is 35.5 Å². The zero-order valence-corrected chi connectivity index (χ0v) is 20.5. The van der Waals surface area contributed by atoms with Crippen LogP contribution in [0, 0.1) is 17.8 Å². The first-order chi connectivity index (χ1) is 15.7. The Kier molecular flexibility index (Phi) is 8.18. The minimum absolute atomic E-state index is 0.213. The van der Waals surface area contributed by atoms with E-state index >= 15 is 0 Å². The summed E-state index contributed by atoms with van der Waals surface area (Å²) in [7, 11) is 0. The van der Waals surface area contributed by atoms with Gasteiger partial charge in [-0.3, -0.25) is 4.79 Å². The largest absolute Gasteiger partial charge is 0.493 e. The first-order valence-electron chi connectivity index (χ1n) is 13.6. The lowest BCUT2D eigenvalue weighted by molar-refractivity contribution is -0.00644. The van der Waals surface area contributed by atoms with Crippen LogP contribution in [0.15, 0.2) is 12.1 Å². The van der Waals surface area contributed by atoms with Crippen LogP contribution >= 0.6 is 0 Å². The van der Waals surface area contributed by atoms with Crippen molar-refractivity contribution < 1.29 is 14.3 Å². The molecule has 4 bridgehead atoms. The lowest BCUT2D eigenvalue weighted by Gasteiger charge is -2.57. The molecule has 3 heteroatoms. The lowest BCUT2D eigenvalue weighted by Crippen LogP contribution is -2.48. The zero-order valence-electron chi connectivity index (χ0n) is 20.5. The summed E-state index contributed by atoms with van der Waals surface area (Å²) in [6.45, 7) is 5.90. The van der Waals surface area contributed by atoms with E-state index < -0.39 is 0 Å². The maximum atomic E-state index is 12.1. The molecule has 0 amide bonds. The van der Waals surface area contributed by atoms with Crippen molar-refractivity contribution in [3.05, 3.63) is 23.3 Å². The van der Waals surface area contributed by atoms with Gasteiger partial charge < -0.3 is 9.47 Å². The van der Waals surface area contributed by atoms with E-state index in [-0.39, 0.29) is 5.41 Å². The highest BCUT2D eigenvalue weighted by molar-refractivity contribution is 5.81. The molecule has 4 aliphatic carbocycles. The number of hydrogen-bond donors (Lipinski definition) is 0. The number of benzene rings is 1. The molecule has 0 radical (unpaired) electrons. The van der Waals surface area contributed by atoms with Gasteiger partial charge in [0, 0.05) is 11.6 Å². The van der Waals surface area contributed by atoms with Gasteiger partial charge in [0.15, 0.2) is 6.29 Å². The van der Waals surface area contributed by atoms with Gasteiger partial charge in [0.05, 0.1) is 18.8 Å². The average molecular weight is 441 g/mol. The fourth-order valence-corrected chi connectivity index (χ4v) is 7.19. The Morgan fingerprint density at radius 1 is 0.781 bits per heavy atom. The van der Waals surface area contributed by atoms with Crippen LogP contribution in [0.25, 0.3) is 0 Å². The monoisotopic (exact) mass is 440 g/mol. The molecule has 0 unspecified atom stereocenters. The Morgan fingerprint density at radius 2 is 1.31 bits per heavy atom. The molecule has 0 atom stereocenters. The molecule has 178 valence electrons. The summed E-state index contributed by atoms with van der Waals surface area (Å²) in [5.74, 6) is 4.32. The molecule has 0 aromatic heterocycles. The highest BCUT2D eigenvalue weighted by atomic mass is 16.5. The highest BCUT2D eigenvalue weighted by Crippen LogP contribution is 2.62. The molecule has 32 heavy (non-hydrogen) atoms. The van der Waals surface area contributed by atoms with Crippen LogP contribution in [0.4, 0.5) is 0 Å². The maximum Gasteiger partial charge on any atom is 0.153 e. The third-order valence-corrected chi connectivity index (χ3v) is 8.36. The molecule has 1 aromatic rings. The Labute approximate surface area is 195 Å². The molecule has 4 aliphatic rings. The molecule has 0 saturated heterocycles. The summed E-state index contributed by atoms with van der Waals surface area (Å²) in [6.07, 6.45) is 18.6. The average Bonchev–Trinajstić information content (AvgIpc) is 2.78. The second kappa shape index (κ2) is 11.1. The SMILES string of the molecule is CCCCCCOc1cc(OCCCCCC)c(C23CC4CC(CC(C4)C2)C3)cc1C=O. The van der Waals surface area contributed by atoms with Gasteiger partial charge in [-0.25, -0.2) is 0 Å². The lowest BCUT2D eigenvalue weighted by atomic mass is 9.48. The Balaban J connectivity index is 1.56. The number of ether oxygens (including phenoxy) is 2. The van der Waals surface area contributed by atoms with E-state index in [1.165, 1.54) is 82.6 Å². The number of carbonyl (C=O) groups is 1. The first kappa shape index (κ1) is 23.6. The van der Waals surface area contributed by atoms with Crippen LogP contribution in [0.2, 0.25) is 0 Å². The molecule has 5 rings (SSSR count). The number of rotatable bonds is 14. The molecule has 3 nitrogen and oxygen atoms in total. The van der Waals surface area contributed by atoms with Crippen LogP contribution in [0.3, 0.4) is 0 Å². The normalized spacial score (nSPS) is 28.1. The standard InChI is InChI=1S/C29H44O3/c1-3-5-7-9-11-31-27-17-28(32-12-10-8-6-4-2)26(16-25(27)21-30)29-18-22-13-23(19-29)15-24(14-22)20-29/h16-17,21-24H,3-15,18-20H2,1-2H3. The molecule has 0 N–H and O–H groups in total. The minimum atomic E-state index is 0.213. The zero-order chi connectivity index (χ0) is 22.4. The van der Waals surface area contributed by atoms with Crippen molar-refractivity contribution in [2.24, 2.45) is 17.8 Å². The quantitative estimate of drug-likeness (QED) is 0.218. The highest BCUT2D eigenvalue weighted by Gasteiger charge is 2.52. The van der Waals surface area contributed by atoms with E-state index in [9.17, 15) is 4.79 Å². The predicted octanol–water partition coefficient (Wildman–Crippen LogP) is 7.89. The van der Waals surface area contributed by atoms with Gasteiger partial charge in [-0.05, 0) is 80.6 Å². The maximum absolute atomic E-state index is 12.1. The third-order valence-electron chi connectivity index (χ3n) is 8.36. The summed E-state index contributed by atoms with van der Waals surface area (Å²) < 4.78 is 12.6. The summed E-state index contributed by atoms with van der Waals surface area (Å²) in [5, 5.41) is 0. The van der Waals surface area contributed by atoms with Gasteiger partial charge in [-0.15, -0.1) is 0 Å². The fourth-order valence-electron chi connectivity index (χ4n) is 7.19. The fraction of sp³-hybridized carbons (Fsp3) is 0.759. The molecular formula is C29H44O3. The van der Waals surface area contributed by atoms with Crippen LogP contribution in [-0.2, 0) is 5.41 Å². The van der Waals surface area contributed by atoms with Gasteiger partial charge >= 0.3 is 0 Å². The number of aldehydes is 1. The Hall–Kier alpha value is -1.51. The van der Waals surface area contributed by atoms with Crippen LogP contribution < -0.4 is 9.47 Å². The van der Waals surface area contributed by atoms with Gasteiger partial charge in [0.2, 0.25) is 0 Å². The number of hydrogen-bond acceptors (Lipinski definition) is 3. The minimum Gasteiger partial charge on any atom is -0.493 e. The Bertz CT molecular complexity index is 718. The summed E-state index contributed by atoms with van der Waals surface area (Å²) >= 11 is 0. The molecule has 4 fully saturated rings. The second-order valence-corrected chi connectivity index (χ2v) is 11.0. The van der Waals surface area contributed by atoms with E-state index in [4.69, 9.17) is 9.47 Å². The van der Waals surface area contributed by atoms with Crippen LogP contribution in [0.1, 0.15) is 120 Å². The van der Waals surface area contributed by atoms with Gasteiger partial charge in [0.25, 0.3) is 0 Å². The van der Waals surface area contributed by atoms with E-state index in [2.05, 4.69) is 26.0 Å².